The number of nitrogens with two attached hydrogens (primary N) is 1. The molecule has 1 aliphatic heterocycles. The minimum atomic E-state index is -0.00227. The Morgan fingerprint density at radius 1 is 1.69 bits per heavy atom. The van der Waals surface area contributed by atoms with Crippen LogP contribution in [0.5, 0.6) is 0 Å². The molecule has 1 amide bonds. The van der Waals surface area contributed by atoms with E-state index >= 15 is 0 Å². The zero-order chi connectivity index (χ0) is 12.0. The van der Waals surface area contributed by atoms with Crippen LogP contribution in [0.1, 0.15) is 19.8 Å². The second-order valence-corrected chi connectivity index (χ2v) is 4.15. The molecule has 5 nitrogen and oxygen atoms in total. The molecule has 1 aliphatic rings. The summed E-state index contributed by atoms with van der Waals surface area (Å²) in [6, 6.07) is 0. The third-order valence-electron chi connectivity index (χ3n) is 2.92. The highest BCUT2D eigenvalue weighted by atomic mass is 16.5. The maximum atomic E-state index is 11.9. The van der Waals surface area contributed by atoms with E-state index < -0.39 is 0 Å². The Labute approximate surface area is 96.9 Å². The predicted molar refractivity (Wildman–Crippen MR) is 61.1 cm³/mol. The molecule has 1 heterocycles. The molecule has 2 N–H and O–H groups in total. The van der Waals surface area contributed by atoms with Crippen LogP contribution >= 0.6 is 0 Å². The van der Waals surface area contributed by atoms with Gasteiger partial charge in [-0.3, -0.25) is 4.79 Å². The van der Waals surface area contributed by atoms with Crippen molar-refractivity contribution in [1.82, 2.24) is 4.90 Å². The Morgan fingerprint density at radius 2 is 2.44 bits per heavy atom. The molecule has 2 atom stereocenters. The van der Waals surface area contributed by atoms with Gasteiger partial charge in [-0.25, -0.2) is 0 Å². The monoisotopic (exact) mass is 230 g/mol. The van der Waals surface area contributed by atoms with Crippen molar-refractivity contribution in [3.63, 3.8) is 0 Å². The van der Waals surface area contributed by atoms with E-state index in [1.165, 1.54) is 0 Å². The zero-order valence-electron chi connectivity index (χ0n) is 10.1. The van der Waals surface area contributed by atoms with Gasteiger partial charge in [-0.1, -0.05) is 0 Å². The van der Waals surface area contributed by atoms with Crippen molar-refractivity contribution in [3.05, 3.63) is 0 Å². The lowest BCUT2D eigenvalue weighted by molar-refractivity contribution is -0.139. The largest absolute Gasteiger partial charge is 0.382 e. The van der Waals surface area contributed by atoms with E-state index in [1.54, 1.807) is 7.11 Å². The smallest absolute Gasteiger partial charge is 0.222 e. The van der Waals surface area contributed by atoms with Crippen molar-refractivity contribution in [2.24, 2.45) is 5.73 Å². The van der Waals surface area contributed by atoms with Crippen molar-refractivity contribution in [2.75, 3.05) is 33.4 Å². The quantitative estimate of drug-likeness (QED) is 0.721. The van der Waals surface area contributed by atoms with E-state index in [1.807, 2.05) is 11.8 Å². The van der Waals surface area contributed by atoms with Crippen LogP contribution in [-0.2, 0) is 14.3 Å². The average molecular weight is 230 g/mol. The van der Waals surface area contributed by atoms with Gasteiger partial charge in [0.15, 0.2) is 0 Å². The molecule has 0 aliphatic carbocycles. The third kappa shape index (κ3) is 4.08. The molecule has 0 radical (unpaired) electrons. The highest BCUT2D eigenvalue weighted by Gasteiger charge is 2.23. The Balaban J connectivity index is 2.30. The van der Waals surface area contributed by atoms with Crippen LogP contribution < -0.4 is 5.73 Å². The van der Waals surface area contributed by atoms with Crippen LogP contribution in [0.15, 0.2) is 0 Å². The molecule has 2 unspecified atom stereocenters. The molecule has 0 aromatic carbocycles. The maximum absolute atomic E-state index is 11.9. The Bertz CT molecular complexity index is 223. The lowest BCUT2D eigenvalue weighted by atomic mass is 10.2. The lowest BCUT2D eigenvalue weighted by Crippen LogP contribution is -2.48. The summed E-state index contributed by atoms with van der Waals surface area (Å²) in [4.78, 5) is 13.7. The summed E-state index contributed by atoms with van der Waals surface area (Å²) in [7, 11) is 1.66. The molecule has 16 heavy (non-hydrogen) atoms. The Hall–Kier alpha value is -0.650. The average Bonchev–Trinajstić information content (AvgIpc) is 2.35. The molecule has 94 valence electrons. The standard InChI is InChI=1S/C11H22N2O3/c1-9(15-2)3-4-11(14)13-5-6-16-10(7-12)8-13/h9-10H,3-8,12H2,1-2H3. The van der Waals surface area contributed by atoms with Gasteiger partial charge in [0, 0.05) is 33.2 Å². The summed E-state index contributed by atoms with van der Waals surface area (Å²) in [5.74, 6) is 0.172. The number of ether oxygens (including phenoxy) is 2. The Morgan fingerprint density at radius 3 is 3.06 bits per heavy atom. The molecular formula is C11H22N2O3. The molecule has 0 aromatic rings. The normalized spacial score (nSPS) is 23.2. The molecule has 5 heteroatoms. The van der Waals surface area contributed by atoms with Crippen LogP contribution in [0.3, 0.4) is 0 Å². The fraction of sp³-hybridized carbons (Fsp3) is 0.909. The first-order valence-corrected chi connectivity index (χ1v) is 5.79. The van der Waals surface area contributed by atoms with Gasteiger partial charge in [0.25, 0.3) is 0 Å². The number of carbonyl (C=O) groups is 1. The second-order valence-electron chi connectivity index (χ2n) is 4.15. The molecule has 1 rings (SSSR count). The van der Waals surface area contributed by atoms with Gasteiger partial charge in [0.2, 0.25) is 5.91 Å². The molecule has 0 saturated carbocycles. The van der Waals surface area contributed by atoms with Crippen molar-refractivity contribution < 1.29 is 14.3 Å². The SMILES string of the molecule is COC(C)CCC(=O)N1CCOC(CN)C1. The van der Waals surface area contributed by atoms with E-state index in [9.17, 15) is 4.79 Å². The minimum Gasteiger partial charge on any atom is -0.382 e. The number of rotatable bonds is 5. The topological polar surface area (TPSA) is 64.8 Å². The summed E-state index contributed by atoms with van der Waals surface area (Å²) in [6.45, 7) is 4.33. The van der Waals surface area contributed by atoms with E-state index in [4.69, 9.17) is 15.2 Å². The van der Waals surface area contributed by atoms with Gasteiger partial charge in [-0.05, 0) is 13.3 Å². The summed E-state index contributed by atoms with van der Waals surface area (Å²) < 4.78 is 10.5. The number of carbonyl (C=O) groups excluding carboxylic acids is 1. The first-order chi connectivity index (χ1) is 7.67. The van der Waals surface area contributed by atoms with Crippen LogP contribution in [0.2, 0.25) is 0 Å². The first-order valence-electron chi connectivity index (χ1n) is 5.79. The third-order valence-corrected chi connectivity index (χ3v) is 2.92. The number of nitrogens with zero attached hydrogens (tertiary/aromatic N) is 1. The number of hydrogen-bond donors (Lipinski definition) is 1. The van der Waals surface area contributed by atoms with Gasteiger partial charge in [-0.15, -0.1) is 0 Å². The van der Waals surface area contributed by atoms with E-state index in [0.717, 1.165) is 6.42 Å². The number of morpholine rings is 1. The summed E-state index contributed by atoms with van der Waals surface area (Å²) in [5.41, 5.74) is 5.53. The highest BCUT2D eigenvalue weighted by Crippen LogP contribution is 2.08. The summed E-state index contributed by atoms with van der Waals surface area (Å²) in [5, 5.41) is 0. The second kappa shape index (κ2) is 6.83. The van der Waals surface area contributed by atoms with E-state index in [-0.39, 0.29) is 18.1 Å². The van der Waals surface area contributed by atoms with E-state index in [2.05, 4.69) is 0 Å². The van der Waals surface area contributed by atoms with E-state index in [0.29, 0.717) is 32.7 Å². The van der Waals surface area contributed by atoms with Crippen LogP contribution in [0, 0.1) is 0 Å². The zero-order valence-corrected chi connectivity index (χ0v) is 10.1. The summed E-state index contributed by atoms with van der Waals surface area (Å²) >= 11 is 0. The molecule has 0 spiro atoms. The van der Waals surface area contributed by atoms with Gasteiger partial charge in [0.1, 0.15) is 0 Å². The highest BCUT2D eigenvalue weighted by molar-refractivity contribution is 5.76. The van der Waals surface area contributed by atoms with Crippen molar-refractivity contribution in [2.45, 2.75) is 32.0 Å². The lowest BCUT2D eigenvalue weighted by Gasteiger charge is -2.32. The predicted octanol–water partition coefficient (Wildman–Crippen LogP) is -0.0124. The van der Waals surface area contributed by atoms with Gasteiger partial charge >= 0.3 is 0 Å². The van der Waals surface area contributed by atoms with Crippen LogP contribution in [-0.4, -0.2) is 56.4 Å². The van der Waals surface area contributed by atoms with Gasteiger partial charge in [-0.2, -0.15) is 0 Å². The molecule has 0 aromatic heterocycles. The molecule has 1 saturated heterocycles. The van der Waals surface area contributed by atoms with Crippen molar-refractivity contribution >= 4 is 5.91 Å². The van der Waals surface area contributed by atoms with Crippen LogP contribution in [0.25, 0.3) is 0 Å². The van der Waals surface area contributed by atoms with Gasteiger partial charge < -0.3 is 20.1 Å². The molecule has 1 fully saturated rings. The van der Waals surface area contributed by atoms with Crippen molar-refractivity contribution in [1.29, 1.82) is 0 Å². The van der Waals surface area contributed by atoms with Crippen molar-refractivity contribution in [3.8, 4) is 0 Å². The fourth-order valence-electron chi connectivity index (χ4n) is 1.69. The number of methoxy groups -OCH3 is 1. The fourth-order valence-corrected chi connectivity index (χ4v) is 1.69. The molecular weight excluding hydrogens is 208 g/mol. The minimum absolute atomic E-state index is 0.00227. The molecule has 0 bridgehead atoms. The maximum Gasteiger partial charge on any atom is 0.222 e. The summed E-state index contributed by atoms with van der Waals surface area (Å²) in [6.07, 6.45) is 1.43. The number of hydrogen-bond acceptors (Lipinski definition) is 4. The van der Waals surface area contributed by atoms with Gasteiger partial charge in [0.05, 0.1) is 18.8 Å². The first kappa shape index (κ1) is 13.4. The Kier molecular flexibility index (Phi) is 5.73. The van der Waals surface area contributed by atoms with Crippen LogP contribution in [0.4, 0.5) is 0 Å². The number of amides is 1.